The van der Waals surface area contributed by atoms with Gasteiger partial charge in [0.25, 0.3) is 5.89 Å². The van der Waals surface area contributed by atoms with Gasteiger partial charge in [-0.15, -0.1) is 5.10 Å². The minimum absolute atomic E-state index is 0.354. The van der Waals surface area contributed by atoms with Crippen LogP contribution >= 0.6 is 0 Å². The highest BCUT2D eigenvalue weighted by Gasteiger charge is 2.22. The molecule has 0 unspecified atom stereocenters. The van der Waals surface area contributed by atoms with E-state index in [-0.39, 0.29) is 0 Å². The Hall–Kier alpha value is -2.61. The fourth-order valence-electron chi connectivity index (χ4n) is 2.11. The summed E-state index contributed by atoms with van der Waals surface area (Å²) in [5.74, 6) is 0.806. The van der Waals surface area contributed by atoms with Crippen molar-refractivity contribution >= 4 is 0 Å². The zero-order valence-electron chi connectivity index (χ0n) is 11.4. The first-order valence-corrected chi connectivity index (χ1v) is 6.70. The third kappa shape index (κ3) is 2.19. The van der Waals surface area contributed by atoms with Crippen molar-refractivity contribution in [1.82, 2.24) is 35.4 Å². The molecule has 4 heterocycles. The molecule has 1 fully saturated rings. The maximum absolute atomic E-state index is 5.26. The fourth-order valence-corrected chi connectivity index (χ4v) is 2.11. The van der Waals surface area contributed by atoms with Gasteiger partial charge in [0.05, 0.1) is 12.2 Å². The minimum Gasteiger partial charge on any atom is -0.332 e. The summed E-state index contributed by atoms with van der Waals surface area (Å²) < 4.78 is 7.08. The van der Waals surface area contributed by atoms with Gasteiger partial charge in [-0.1, -0.05) is 16.4 Å². The topological polar surface area (TPSA) is 94.6 Å². The summed E-state index contributed by atoms with van der Waals surface area (Å²) in [6.45, 7) is 3.74. The Morgan fingerprint density at radius 1 is 1.24 bits per heavy atom. The van der Waals surface area contributed by atoms with Crippen molar-refractivity contribution in [2.45, 2.75) is 13.0 Å². The summed E-state index contributed by atoms with van der Waals surface area (Å²) in [6.07, 6.45) is 1.83. The predicted octanol–water partition coefficient (Wildman–Crippen LogP) is 0.843. The number of nitrogens with one attached hydrogen (secondary N) is 1. The SMILES string of the molecule is Cc1cccc(-c2noc(-c3cn(C4CNC4)nn3)n2)n1. The minimum atomic E-state index is 0.354. The average Bonchev–Trinajstić information content (AvgIpc) is 3.05. The second-order valence-electron chi connectivity index (χ2n) is 4.98. The van der Waals surface area contributed by atoms with Gasteiger partial charge in [0.15, 0.2) is 5.69 Å². The lowest BCUT2D eigenvalue weighted by molar-refractivity contribution is 0.313. The molecule has 0 radical (unpaired) electrons. The Morgan fingerprint density at radius 2 is 2.14 bits per heavy atom. The molecule has 1 aliphatic heterocycles. The molecule has 8 heteroatoms. The number of rotatable bonds is 3. The van der Waals surface area contributed by atoms with Crippen molar-refractivity contribution in [3.63, 3.8) is 0 Å². The van der Waals surface area contributed by atoms with Crippen LogP contribution in [0.1, 0.15) is 11.7 Å². The van der Waals surface area contributed by atoms with E-state index in [4.69, 9.17) is 4.52 Å². The molecule has 4 rings (SSSR count). The zero-order valence-corrected chi connectivity index (χ0v) is 11.4. The molecule has 3 aromatic heterocycles. The second kappa shape index (κ2) is 4.74. The van der Waals surface area contributed by atoms with Crippen LogP contribution in [-0.2, 0) is 0 Å². The van der Waals surface area contributed by atoms with Gasteiger partial charge < -0.3 is 9.84 Å². The van der Waals surface area contributed by atoms with Crippen molar-refractivity contribution in [2.24, 2.45) is 0 Å². The maximum Gasteiger partial charge on any atom is 0.280 e. The van der Waals surface area contributed by atoms with E-state index in [2.05, 4.69) is 30.8 Å². The van der Waals surface area contributed by atoms with E-state index in [1.807, 2.05) is 36.0 Å². The summed E-state index contributed by atoms with van der Waals surface area (Å²) in [5.41, 5.74) is 2.16. The standard InChI is InChI=1S/C13H13N7O/c1-8-3-2-4-10(15-8)12-16-13(21-18-12)11-7-20(19-17-11)9-5-14-6-9/h2-4,7,9,14H,5-6H2,1H3. The fraction of sp³-hybridized carbons (Fsp3) is 0.308. The van der Waals surface area contributed by atoms with Crippen LogP contribution in [0.5, 0.6) is 0 Å². The molecular weight excluding hydrogens is 270 g/mol. The van der Waals surface area contributed by atoms with E-state index in [0.29, 0.717) is 29.1 Å². The highest BCUT2D eigenvalue weighted by Crippen LogP contribution is 2.20. The molecule has 21 heavy (non-hydrogen) atoms. The predicted molar refractivity (Wildman–Crippen MR) is 73.2 cm³/mol. The molecule has 1 aliphatic rings. The summed E-state index contributed by atoms with van der Waals surface area (Å²) in [7, 11) is 0. The monoisotopic (exact) mass is 283 g/mol. The van der Waals surface area contributed by atoms with Gasteiger partial charge in [-0.3, -0.25) is 0 Å². The van der Waals surface area contributed by atoms with E-state index >= 15 is 0 Å². The van der Waals surface area contributed by atoms with E-state index in [0.717, 1.165) is 18.8 Å². The highest BCUT2D eigenvalue weighted by molar-refractivity contribution is 5.53. The van der Waals surface area contributed by atoms with Crippen LogP contribution in [0.3, 0.4) is 0 Å². The lowest BCUT2D eigenvalue weighted by atomic mass is 10.2. The van der Waals surface area contributed by atoms with E-state index in [9.17, 15) is 0 Å². The molecule has 1 N–H and O–H groups in total. The van der Waals surface area contributed by atoms with Crippen LogP contribution in [0.2, 0.25) is 0 Å². The molecule has 8 nitrogen and oxygen atoms in total. The largest absolute Gasteiger partial charge is 0.332 e. The Bertz CT molecular complexity index is 774. The lowest BCUT2D eigenvalue weighted by Crippen LogP contribution is -2.43. The number of hydrogen-bond donors (Lipinski definition) is 1. The van der Waals surface area contributed by atoms with Crippen molar-refractivity contribution < 1.29 is 4.52 Å². The molecule has 0 aliphatic carbocycles. The van der Waals surface area contributed by atoms with Crippen LogP contribution < -0.4 is 5.32 Å². The molecule has 0 atom stereocenters. The first-order valence-electron chi connectivity index (χ1n) is 6.70. The molecule has 0 saturated carbocycles. The summed E-state index contributed by atoms with van der Waals surface area (Å²) in [4.78, 5) is 8.71. The first-order chi connectivity index (χ1) is 10.3. The third-order valence-corrected chi connectivity index (χ3v) is 3.41. The zero-order chi connectivity index (χ0) is 14.2. The van der Waals surface area contributed by atoms with Crippen molar-refractivity contribution in [1.29, 1.82) is 0 Å². The van der Waals surface area contributed by atoms with Gasteiger partial charge in [-0.2, -0.15) is 4.98 Å². The maximum atomic E-state index is 5.26. The Labute approximate surface area is 120 Å². The van der Waals surface area contributed by atoms with Crippen LogP contribution in [0.4, 0.5) is 0 Å². The molecule has 3 aromatic rings. The lowest BCUT2D eigenvalue weighted by Gasteiger charge is -2.26. The highest BCUT2D eigenvalue weighted by atomic mass is 16.5. The Kier molecular flexibility index (Phi) is 2.74. The van der Waals surface area contributed by atoms with Gasteiger partial charge in [-0.05, 0) is 19.1 Å². The molecule has 0 bridgehead atoms. The van der Waals surface area contributed by atoms with E-state index in [1.54, 1.807) is 0 Å². The van der Waals surface area contributed by atoms with Crippen LogP contribution in [0.15, 0.2) is 28.9 Å². The van der Waals surface area contributed by atoms with Gasteiger partial charge in [0.2, 0.25) is 5.82 Å². The third-order valence-electron chi connectivity index (χ3n) is 3.41. The number of pyridine rings is 1. The van der Waals surface area contributed by atoms with Crippen molar-refractivity contribution in [2.75, 3.05) is 13.1 Å². The van der Waals surface area contributed by atoms with E-state index < -0.39 is 0 Å². The molecule has 0 aromatic carbocycles. The van der Waals surface area contributed by atoms with Crippen LogP contribution in [-0.4, -0.2) is 43.2 Å². The van der Waals surface area contributed by atoms with Gasteiger partial charge >= 0.3 is 0 Å². The number of hydrogen-bond acceptors (Lipinski definition) is 7. The Morgan fingerprint density at radius 3 is 2.90 bits per heavy atom. The quantitative estimate of drug-likeness (QED) is 0.761. The number of nitrogens with zero attached hydrogens (tertiary/aromatic N) is 6. The van der Waals surface area contributed by atoms with E-state index in [1.165, 1.54) is 0 Å². The van der Waals surface area contributed by atoms with Crippen molar-refractivity contribution in [3.8, 4) is 23.1 Å². The summed E-state index contributed by atoms with van der Waals surface area (Å²) >= 11 is 0. The average molecular weight is 283 g/mol. The molecule has 0 spiro atoms. The molecule has 0 amide bonds. The molecule has 1 saturated heterocycles. The number of aryl methyl sites for hydroxylation is 1. The second-order valence-corrected chi connectivity index (χ2v) is 4.98. The van der Waals surface area contributed by atoms with Crippen LogP contribution in [0, 0.1) is 6.92 Å². The van der Waals surface area contributed by atoms with Gasteiger partial charge in [0, 0.05) is 18.8 Å². The normalized spacial score (nSPS) is 15.1. The molecular formula is C13H13N7O. The Balaban J connectivity index is 1.63. The van der Waals surface area contributed by atoms with Crippen molar-refractivity contribution in [3.05, 3.63) is 30.1 Å². The van der Waals surface area contributed by atoms with Crippen LogP contribution in [0.25, 0.3) is 23.1 Å². The summed E-state index contributed by atoms with van der Waals surface area (Å²) in [6, 6.07) is 6.03. The summed E-state index contributed by atoms with van der Waals surface area (Å²) in [5, 5.41) is 15.3. The smallest absolute Gasteiger partial charge is 0.280 e. The van der Waals surface area contributed by atoms with Gasteiger partial charge in [-0.25, -0.2) is 9.67 Å². The van der Waals surface area contributed by atoms with Gasteiger partial charge in [0.1, 0.15) is 5.69 Å². The molecule has 106 valence electrons. The number of aromatic nitrogens is 6. The first kappa shape index (κ1) is 12.2.